The van der Waals surface area contributed by atoms with Gasteiger partial charge in [0.05, 0.1) is 0 Å². The maximum atomic E-state index is 2.54. The molecule has 0 atom stereocenters. The second-order valence-corrected chi connectivity index (χ2v) is 13.3. The van der Waals surface area contributed by atoms with Crippen LogP contribution in [0.25, 0.3) is 11.1 Å². The summed E-state index contributed by atoms with van der Waals surface area (Å²) in [5.41, 5.74) is 12.5. The third kappa shape index (κ3) is 4.05. The number of rotatable bonds is 0. The second-order valence-electron chi connectivity index (χ2n) is 13.3. The zero-order chi connectivity index (χ0) is 22.2. The summed E-state index contributed by atoms with van der Waals surface area (Å²) >= 11 is 0. The van der Waals surface area contributed by atoms with Crippen molar-refractivity contribution in [2.24, 2.45) is 0 Å². The molecule has 0 saturated heterocycles. The Morgan fingerprint density at radius 3 is 1.41 bits per heavy atom. The Kier molecular flexibility index (Phi) is 4.94. The molecule has 0 unspecified atom stereocenters. The summed E-state index contributed by atoms with van der Waals surface area (Å²) in [6, 6.07) is 10.0. The lowest BCUT2D eigenvalue weighted by Crippen LogP contribution is -2.22. The number of hydrogen-bond donors (Lipinski definition) is 0. The lowest BCUT2D eigenvalue weighted by molar-refractivity contribution is 0.530. The van der Waals surface area contributed by atoms with Crippen molar-refractivity contribution in [2.45, 2.75) is 111 Å². The molecule has 1 aliphatic rings. The van der Waals surface area contributed by atoms with Crippen molar-refractivity contribution in [3.8, 4) is 11.1 Å². The monoisotopic (exact) mass is 390 g/mol. The van der Waals surface area contributed by atoms with E-state index in [4.69, 9.17) is 0 Å². The first-order valence-corrected chi connectivity index (χ1v) is 11.3. The molecule has 29 heavy (non-hydrogen) atoms. The third-order valence-electron chi connectivity index (χ3n) is 6.40. The van der Waals surface area contributed by atoms with E-state index in [1.807, 2.05) is 0 Å². The fraction of sp³-hybridized carbons (Fsp3) is 0.586. The Labute approximate surface area is 180 Å². The molecule has 0 spiro atoms. The molecule has 2 aromatic rings. The van der Waals surface area contributed by atoms with E-state index in [1.54, 1.807) is 0 Å². The van der Waals surface area contributed by atoms with Crippen LogP contribution < -0.4 is 0 Å². The minimum Gasteiger partial charge on any atom is -0.0561 e. The van der Waals surface area contributed by atoms with E-state index in [1.165, 1.54) is 44.5 Å². The molecule has 0 aromatic heterocycles. The van der Waals surface area contributed by atoms with Gasteiger partial charge >= 0.3 is 0 Å². The van der Waals surface area contributed by atoms with E-state index in [0.717, 1.165) is 6.42 Å². The quantitative estimate of drug-likeness (QED) is 0.361. The third-order valence-corrected chi connectivity index (χ3v) is 6.40. The van der Waals surface area contributed by atoms with Gasteiger partial charge in [0, 0.05) is 0 Å². The molecule has 0 aliphatic heterocycles. The topological polar surface area (TPSA) is 0 Å². The average Bonchev–Trinajstić information content (AvgIpc) is 2.86. The molecule has 0 nitrogen and oxygen atoms in total. The van der Waals surface area contributed by atoms with Crippen LogP contribution in [-0.4, -0.2) is 0 Å². The van der Waals surface area contributed by atoms with Gasteiger partial charge in [0.2, 0.25) is 0 Å². The van der Waals surface area contributed by atoms with Crippen molar-refractivity contribution in [1.82, 2.24) is 0 Å². The molecule has 0 amide bonds. The molecule has 0 N–H and O–H groups in total. The highest BCUT2D eigenvalue weighted by molar-refractivity contribution is 5.82. The molecular weight excluding hydrogens is 348 g/mol. The number of fused-ring (bicyclic) bond motifs is 3. The molecular formula is C29H42. The fourth-order valence-electron chi connectivity index (χ4n) is 4.65. The largest absolute Gasteiger partial charge is 0.0561 e. The summed E-state index contributed by atoms with van der Waals surface area (Å²) in [4.78, 5) is 0. The first-order valence-electron chi connectivity index (χ1n) is 11.3. The van der Waals surface area contributed by atoms with Crippen LogP contribution in [-0.2, 0) is 28.1 Å². The van der Waals surface area contributed by atoms with Crippen LogP contribution >= 0.6 is 0 Å². The summed E-state index contributed by atoms with van der Waals surface area (Å²) < 4.78 is 0. The van der Waals surface area contributed by atoms with Crippen LogP contribution in [0.4, 0.5) is 0 Å². The molecule has 0 heterocycles. The summed E-state index contributed by atoms with van der Waals surface area (Å²) in [6.45, 7) is 28.2. The van der Waals surface area contributed by atoms with Gasteiger partial charge < -0.3 is 0 Å². The van der Waals surface area contributed by atoms with Gasteiger partial charge in [0.25, 0.3) is 0 Å². The number of hydrogen-bond acceptors (Lipinski definition) is 0. The first kappa shape index (κ1) is 22.1. The van der Waals surface area contributed by atoms with Crippen LogP contribution in [0.1, 0.15) is 116 Å². The van der Waals surface area contributed by atoms with Gasteiger partial charge in [-0.05, 0) is 72.6 Å². The lowest BCUT2D eigenvalue weighted by Gasteiger charge is -2.32. The molecule has 0 radical (unpaired) electrons. The van der Waals surface area contributed by atoms with E-state index in [-0.39, 0.29) is 21.7 Å². The van der Waals surface area contributed by atoms with E-state index >= 15 is 0 Å². The molecule has 2 aromatic carbocycles. The van der Waals surface area contributed by atoms with E-state index in [0.29, 0.717) is 0 Å². The van der Waals surface area contributed by atoms with Crippen molar-refractivity contribution >= 4 is 0 Å². The van der Waals surface area contributed by atoms with Crippen molar-refractivity contribution in [3.05, 3.63) is 57.6 Å². The van der Waals surface area contributed by atoms with Gasteiger partial charge in [-0.1, -0.05) is 107 Å². The van der Waals surface area contributed by atoms with Crippen LogP contribution in [0.3, 0.4) is 0 Å². The van der Waals surface area contributed by atoms with E-state index < -0.39 is 0 Å². The SMILES string of the molecule is CC(C)(C)c1cc2c(c(C(C)(C)C)c1)-c1cc(C(C)(C)C)c(C(C)(C)C)cc1C2. The zero-order valence-corrected chi connectivity index (χ0v) is 21.0. The van der Waals surface area contributed by atoms with Crippen molar-refractivity contribution in [2.75, 3.05) is 0 Å². The summed E-state index contributed by atoms with van der Waals surface area (Å²) in [6.07, 6.45) is 1.06. The fourth-order valence-corrected chi connectivity index (χ4v) is 4.65. The van der Waals surface area contributed by atoms with Crippen LogP contribution in [0.5, 0.6) is 0 Å². The van der Waals surface area contributed by atoms with Gasteiger partial charge in [-0.25, -0.2) is 0 Å². The van der Waals surface area contributed by atoms with Crippen LogP contribution in [0, 0.1) is 0 Å². The molecule has 0 fully saturated rings. The Morgan fingerprint density at radius 1 is 0.483 bits per heavy atom. The maximum Gasteiger partial charge on any atom is -0.00131 e. The van der Waals surface area contributed by atoms with Gasteiger partial charge in [-0.2, -0.15) is 0 Å². The molecule has 0 saturated carbocycles. The van der Waals surface area contributed by atoms with Crippen molar-refractivity contribution in [1.29, 1.82) is 0 Å². The summed E-state index contributed by atoms with van der Waals surface area (Å²) in [5, 5.41) is 0. The van der Waals surface area contributed by atoms with Crippen LogP contribution in [0.2, 0.25) is 0 Å². The molecule has 158 valence electrons. The highest BCUT2D eigenvalue weighted by atomic mass is 14.4. The molecule has 1 aliphatic carbocycles. The molecule has 3 rings (SSSR count). The standard InChI is InChI=1S/C29H42/c1-26(2,3)20-14-19-13-18-15-22(27(4,5)6)23(28(7,8)9)17-21(18)25(19)24(16-20)29(10,11)12/h14-17H,13H2,1-12H3. The normalized spacial score (nSPS) is 14.8. The number of benzene rings is 2. The van der Waals surface area contributed by atoms with Gasteiger partial charge in [-0.3, -0.25) is 0 Å². The minimum atomic E-state index is 0.123. The van der Waals surface area contributed by atoms with Gasteiger partial charge in [-0.15, -0.1) is 0 Å². The minimum absolute atomic E-state index is 0.123. The summed E-state index contributed by atoms with van der Waals surface area (Å²) in [5.74, 6) is 0. The smallest absolute Gasteiger partial charge is 0.00131 e. The summed E-state index contributed by atoms with van der Waals surface area (Å²) in [7, 11) is 0. The highest BCUT2D eigenvalue weighted by Crippen LogP contribution is 2.48. The Bertz CT molecular complexity index is 942. The van der Waals surface area contributed by atoms with Crippen molar-refractivity contribution in [3.63, 3.8) is 0 Å². The average molecular weight is 391 g/mol. The first-order chi connectivity index (χ1) is 12.9. The molecule has 0 heteroatoms. The Hall–Kier alpha value is -1.56. The zero-order valence-electron chi connectivity index (χ0n) is 21.0. The van der Waals surface area contributed by atoms with E-state index in [2.05, 4.69) is 107 Å². The predicted molar refractivity (Wildman–Crippen MR) is 129 cm³/mol. The second kappa shape index (κ2) is 6.47. The van der Waals surface area contributed by atoms with E-state index in [9.17, 15) is 0 Å². The Morgan fingerprint density at radius 2 is 0.966 bits per heavy atom. The lowest BCUT2D eigenvalue weighted by atomic mass is 9.73. The maximum absolute atomic E-state index is 2.54. The van der Waals surface area contributed by atoms with Crippen LogP contribution in [0.15, 0.2) is 24.3 Å². The van der Waals surface area contributed by atoms with Gasteiger partial charge in [0.1, 0.15) is 0 Å². The highest BCUT2D eigenvalue weighted by Gasteiger charge is 2.33. The van der Waals surface area contributed by atoms with Crippen molar-refractivity contribution < 1.29 is 0 Å². The Balaban J connectivity index is 2.37. The van der Waals surface area contributed by atoms with Gasteiger partial charge in [0.15, 0.2) is 0 Å². The predicted octanol–water partition coefficient (Wildman–Crippen LogP) is 8.45. The molecule has 0 bridgehead atoms.